The predicted octanol–water partition coefficient (Wildman–Crippen LogP) is 5.50. The van der Waals surface area contributed by atoms with Gasteiger partial charge in [0.25, 0.3) is 0 Å². The summed E-state index contributed by atoms with van der Waals surface area (Å²) in [7, 11) is 0. The largest absolute Gasteiger partial charge is 0.423 e. The van der Waals surface area contributed by atoms with Crippen molar-refractivity contribution in [1.82, 2.24) is 9.55 Å². The number of thioether (sulfide) groups is 1. The van der Waals surface area contributed by atoms with Crippen molar-refractivity contribution in [3.05, 3.63) is 56.7 Å². The van der Waals surface area contributed by atoms with Gasteiger partial charge >= 0.3 is 5.63 Å². The molecule has 0 bridgehead atoms. The zero-order valence-electron chi connectivity index (χ0n) is 16.6. The van der Waals surface area contributed by atoms with Crippen molar-refractivity contribution in [3.8, 4) is 0 Å². The highest BCUT2D eigenvalue weighted by atomic mass is 32.2. The molecular formula is C23H26N2O2S. The third kappa shape index (κ3) is 3.10. The lowest BCUT2D eigenvalue weighted by Gasteiger charge is -2.17. The maximum Gasteiger partial charge on any atom is 0.336 e. The summed E-state index contributed by atoms with van der Waals surface area (Å²) in [5.41, 5.74) is 6.68. The first-order chi connectivity index (χ1) is 13.6. The summed E-state index contributed by atoms with van der Waals surface area (Å²) in [6.45, 7) is 4.28. The van der Waals surface area contributed by atoms with Crippen molar-refractivity contribution < 1.29 is 4.42 Å². The number of imidazole rings is 1. The molecule has 0 aliphatic heterocycles. The summed E-state index contributed by atoms with van der Waals surface area (Å²) in [5.74, 6) is 0.740. The lowest BCUT2D eigenvalue weighted by molar-refractivity contribution is 0.471. The number of aromatic nitrogens is 2. The molecule has 0 radical (unpaired) electrons. The first-order valence-corrected chi connectivity index (χ1v) is 11.4. The molecule has 3 aromatic rings. The van der Waals surface area contributed by atoms with Gasteiger partial charge in [-0.3, -0.25) is 0 Å². The molecule has 2 heterocycles. The number of hydrogen-bond donors (Lipinski definition) is 0. The van der Waals surface area contributed by atoms with Crippen LogP contribution in [0.15, 0.2) is 32.6 Å². The Morgan fingerprint density at radius 3 is 2.64 bits per heavy atom. The highest BCUT2D eigenvalue weighted by Gasteiger charge is 2.23. The molecule has 0 saturated heterocycles. The second-order valence-corrected chi connectivity index (χ2v) is 9.17. The molecule has 4 nitrogen and oxygen atoms in total. The molecule has 2 aliphatic rings. The average Bonchev–Trinajstić information content (AvgIpc) is 3.39. The number of nitrogens with zero attached hydrogens (tertiary/aromatic N) is 2. The second kappa shape index (κ2) is 7.11. The van der Waals surface area contributed by atoms with Crippen LogP contribution >= 0.6 is 11.8 Å². The quantitative estimate of drug-likeness (QED) is 0.433. The van der Waals surface area contributed by atoms with Crippen molar-refractivity contribution in [2.45, 2.75) is 75.7 Å². The molecule has 0 unspecified atom stereocenters. The first-order valence-electron chi connectivity index (χ1n) is 10.4. The fraction of sp³-hybridized carbons (Fsp3) is 0.478. The molecular weight excluding hydrogens is 368 g/mol. The van der Waals surface area contributed by atoms with E-state index in [9.17, 15) is 4.79 Å². The second-order valence-electron chi connectivity index (χ2n) is 8.22. The number of rotatable bonds is 4. The van der Waals surface area contributed by atoms with Gasteiger partial charge in [0.05, 0.1) is 5.69 Å². The standard InChI is InChI=1S/C23H26N2O2S/c1-14-15(2)25(19-8-3-4-9-19)23(24-14)28-13-18-12-22(26)27-21-11-17-7-5-6-16(17)10-20(18)21/h10-12,19H,3-9,13H2,1-2H3. The highest BCUT2D eigenvalue weighted by molar-refractivity contribution is 7.98. The molecule has 0 N–H and O–H groups in total. The van der Waals surface area contributed by atoms with Crippen LogP contribution in [0.3, 0.4) is 0 Å². The average molecular weight is 395 g/mol. The Hall–Kier alpha value is -2.01. The van der Waals surface area contributed by atoms with E-state index in [-0.39, 0.29) is 5.63 Å². The Morgan fingerprint density at radius 1 is 1.11 bits per heavy atom. The minimum Gasteiger partial charge on any atom is -0.423 e. The van der Waals surface area contributed by atoms with E-state index in [1.807, 2.05) is 0 Å². The Balaban J connectivity index is 1.50. The molecule has 5 rings (SSSR count). The minimum atomic E-state index is -0.257. The predicted molar refractivity (Wildman–Crippen MR) is 113 cm³/mol. The van der Waals surface area contributed by atoms with E-state index < -0.39 is 0 Å². The van der Waals surface area contributed by atoms with Crippen LogP contribution in [0.2, 0.25) is 0 Å². The van der Waals surface area contributed by atoms with Crippen LogP contribution < -0.4 is 5.63 Å². The van der Waals surface area contributed by atoms with E-state index in [2.05, 4.69) is 30.5 Å². The van der Waals surface area contributed by atoms with Crippen LogP contribution in [-0.2, 0) is 18.6 Å². The van der Waals surface area contributed by atoms with E-state index in [4.69, 9.17) is 9.40 Å². The van der Waals surface area contributed by atoms with Gasteiger partial charge in [0.15, 0.2) is 5.16 Å². The lowest BCUT2D eigenvalue weighted by Crippen LogP contribution is -2.08. The number of aryl methyl sites for hydroxylation is 3. The van der Waals surface area contributed by atoms with Gasteiger partial charge in [0.2, 0.25) is 0 Å². The van der Waals surface area contributed by atoms with Crippen molar-refractivity contribution in [3.63, 3.8) is 0 Å². The highest BCUT2D eigenvalue weighted by Crippen LogP contribution is 2.37. The summed E-state index contributed by atoms with van der Waals surface area (Å²) in [6, 6.07) is 6.57. The van der Waals surface area contributed by atoms with Crippen LogP contribution in [0.4, 0.5) is 0 Å². The molecule has 5 heteroatoms. The molecule has 0 atom stereocenters. The van der Waals surface area contributed by atoms with Gasteiger partial charge in [-0.05, 0) is 74.8 Å². The fourth-order valence-electron chi connectivity index (χ4n) is 4.85. The Bertz CT molecular complexity index is 1110. The molecule has 1 fully saturated rings. The normalized spacial score (nSPS) is 16.9. The molecule has 0 amide bonds. The van der Waals surface area contributed by atoms with E-state index in [0.29, 0.717) is 6.04 Å². The van der Waals surface area contributed by atoms with Gasteiger partial charge in [-0.25, -0.2) is 9.78 Å². The molecule has 2 aliphatic carbocycles. The minimum absolute atomic E-state index is 0.257. The van der Waals surface area contributed by atoms with Crippen LogP contribution in [0, 0.1) is 13.8 Å². The van der Waals surface area contributed by atoms with E-state index in [1.165, 1.54) is 48.9 Å². The molecule has 2 aromatic heterocycles. The van der Waals surface area contributed by atoms with Crippen LogP contribution in [-0.4, -0.2) is 9.55 Å². The van der Waals surface area contributed by atoms with Crippen molar-refractivity contribution in [1.29, 1.82) is 0 Å². The zero-order chi connectivity index (χ0) is 19.3. The van der Waals surface area contributed by atoms with Gasteiger partial charge in [0, 0.05) is 28.9 Å². The number of hydrogen-bond acceptors (Lipinski definition) is 4. The monoisotopic (exact) mass is 394 g/mol. The van der Waals surface area contributed by atoms with Crippen LogP contribution in [0.25, 0.3) is 11.0 Å². The third-order valence-electron chi connectivity index (χ3n) is 6.44. The molecule has 1 aromatic carbocycles. The number of fused-ring (bicyclic) bond motifs is 2. The smallest absolute Gasteiger partial charge is 0.336 e. The van der Waals surface area contributed by atoms with Crippen molar-refractivity contribution >= 4 is 22.7 Å². The Kier molecular flexibility index (Phi) is 4.58. The lowest BCUT2D eigenvalue weighted by atomic mass is 10.0. The van der Waals surface area contributed by atoms with Crippen LogP contribution in [0.5, 0.6) is 0 Å². The zero-order valence-corrected chi connectivity index (χ0v) is 17.4. The topological polar surface area (TPSA) is 48.0 Å². The summed E-state index contributed by atoms with van der Waals surface area (Å²) < 4.78 is 7.96. The van der Waals surface area contributed by atoms with Gasteiger partial charge in [-0.15, -0.1) is 0 Å². The van der Waals surface area contributed by atoms with Gasteiger partial charge in [-0.2, -0.15) is 0 Å². The molecule has 146 valence electrons. The maximum absolute atomic E-state index is 12.2. The van der Waals surface area contributed by atoms with Gasteiger partial charge in [-0.1, -0.05) is 24.6 Å². The van der Waals surface area contributed by atoms with E-state index >= 15 is 0 Å². The van der Waals surface area contributed by atoms with Crippen molar-refractivity contribution in [2.24, 2.45) is 0 Å². The third-order valence-corrected chi connectivity index (χ3v) is 7.45. The van der Waals surface area contributed by atoms with Crippen LogP contribution in [0.1, 0.15) is 66.2 Å². The SMILES string of the molecule is Cc1nc(SCc2cc(=O)oc3cc4c(cc23)CCC4)n(C2CCCC2)c1C. The van der Waals surface area contributed by atoms with Gasteiger partial charge in [0.1, 0.15) is 5.58 Å². The Morgan fingerprint density at radius 2 is 1.86 bits per heavy atom. The summed E-state index contributed by atoms with van der Waals surface area (Å²) >= 11 is 1.75. The van der Waals surface area contributed by atoms with Crippen molar-refractivity contribution in [2.75, 3.05) is 0 Å². The summed E-state index contributed by atoms with van der Waals surface area (Å²) in [5, 5.41) is 2.17. The maximum atomic E-state index is 12.2. The molecule has 0 spiro atoms. The van der Waals surface area contributed by atoms with E-state index in [1.54, 1.807) is 17.8 Å². The van der Waals surface area contributed by atoms with E-state index in [0.717, 1.165) is 46.0 Å². The summed E-state index contributed by atoms with van der Waals surface area (Å²) in [6.07, 6.45) is 8.51. The Labute approximate surface area is 169 Å². The number of benzene rings is 1. The first kappa shape index (κ1) is 18.0. The van der Waals surface area contributed by atoms with Gasteiger partial charge < -0.3 is 8.98 Å². The molecule has 1 saturated carbocycles. The summed E-state index contributed by atoms with van der Waals surface area (Å²) in [4.78, 5) is 17.0. The fourth-order valence-corrected chi connectivity index (χ4v) is 6.00. The molecule has 28 heavy (non-hydrogen) atoms.